The van der Waals surface area contributed by atoms with Gasteiger partial charge < -0.3 is 9.84 Å². The minimum absolute atomic E-state index is 0.360. The summed E-state index contributed by atoms with van der Waals surface area (Å²) in [4.78, 5) is 12.8. The fourth-order valence-electron chi connectivity index (χ4n) is 3.58. The molecule has 1 aliphatic rings. The molecule has 2 aromatic rings. The van der Waals surface area contributed by atoms with Gasteiger partial charge in [-0.05, 0) is 43.0 Å². The molecule has 2 aromatic carbocycles. The Bertz CT molecular complexity index is 795. The topological polar surface area (TPSA) is 46.5 Å². The summed E-state index contributed by atoms with van der Waals surface area (Å²) in [5.74, 6) is -0.360. The van der Waals surface area contributed by atoms with Gasteiger partial charge in [0, 0.05) is 0 Å². The van der Waals surface area contributed by atoms with Crippen molar-refractivity contribution >= 4 is 11.5 Å². The Labute approximate surface area is 142 Å². The van der Waals surface area contributed by atoms with Gasteiger partial charge >= 0.3 is 5.97 Å². The Hall–Kier alpha value is -2.39. The van der Waals surface area contributed by atoms with Crippen molar-refractivity contribution in [1.82, 2.24) is 0 Å². The number of hydrogen-bond acceptors (Lipinski definition) is 3. The minimum Gasteiger partial charge on any atom is -0.468 e. The quantitative estimate of drug-likeness (QED) is 0.874. The number of rotatable bonds is 4. The third-order valence-electron chi connectivity index (χ3n) is 4.59. The fraction of sp³-hybridized carbons (Fsp3) is 0.286. The van der Waals surface area contributed by atoms with Gasteiger partial charge in [0.15, 0.2) is 0 Å². The maximum atomic E-state index is 12.8. The first-order valence-electron chi connectivity index (χ1n) is 8.02. The van der Waals surface area contributed by atoms with Crippen molar-refractivity contribution in [1.29, 1.82) is 0 Å². The van der Waals surface area contributed by atoms with E-state index < -0.39 is 11.0 Å². The van der Waals surface area contributed by atoms with Crippen molar-refractivity contribution in [2.75, 3.05) is 7.11 Å². The number of aryl methyl sites for hydroxylation is 1. The first-order chi connectivity index (χ1) is 11.3. The smallest absolute Gasteiger partial charge is 0.325 e. The van der Waals surface area contributed by atoms with E-state index >= 15 is 0 Å². The summed E-state index contributed by atoms with van der Waals surface area (Å²) in [5, 5.41) is 10.7. The van der Waals surface area contributed by atoms with Crippen molar-refractivity contribution in [2.24, 2.45) is 0 Å². The Kier molecular flexibility index (Phi) is 3.84. The zero-order valence-corrected chi connectivity index (χ0v) is 14.5. The highest BCUT2D eigenvalue weighted by Gasteiger charge is 2.65. The number of aliphatic hydroxyl groups is 1. The molecule has 0 fully saturated rings. The molecule has 3 nitrogen and oxygen atoms in total. The lowest BCUT2D eigenvalue weighted by Gasteiger charge is -2.23. The standard InChI is InChI=1S/C21H22O3/c1-14-10-12-15(13-11-14)17-18(20(2,3)23)21(17,19(22)24-4)16-8-6-5-7-9-16/h5-13,23H,1-4H3. The number of ether oxygens (including phenoxy) is 1. The van der Waals surface area contributed by atoms with Crippen LogP contribution in [0.2, 0.25) is 0 Å². The van der Waals surface area contributed by atoms with Crippen LogP contribution in [0.3, 0.4) is 0 Å². The highest BCUT2D eigenvalue weighted by molar-refractivity contribution is 6.16. The summed E-state index contributed by atoms with van der Waals surface area (Å²) in [6.45, 7) is 5.45. The lowest BCUT2D eigenvalue weighted by Crippen LogP contribution is -2.33. The molecule has 124 valence electrons. The van der Waals surface area contributed by atoms with Gasteiger partial charge in [-0.25, -0.2) is 0 Å². The highest BCUT2D eigenvalue weighted by Crippen LogP contribution is 2.63. The van der Waals surface area contributed by atoms with Gasteiger partial charge in [0.05, 0.1) is 12.7 Å². The van der Waals surface area contributed by atoms with Gasteiger partial charge in [0.1, 0.15) is 5.41 Å². The normalized spacial score (nSPS) is 20.0. The average Bonchev–Trinajstić information content (AvgIpc) is 3.27. The van der Waals surface area contributed by atoms with Crippen LogP contribution in [0.25, 0.3) is 5.57 Å². The zero-order valence-electron chi connectivity index (χ0n) is 14.5. The summed E-state index contributed by atoms with van der Waals surface area (Å²) >= 11 is 0. The van der Waals surface area contributed by atoms with E-state index in [-0.39, 0.29) is 5.97 Å². The fourth-order valence-corrected chi connectivity index (χ4v) is 3.58. The van der Waals surface area contributed by atoms with Crippen LogP contribution in [0.1, 0.15) is 30.5 Å². The molecule has 0 saturated heterocycles. The number of hydrogen-bond donors (Lipinski definition) is 1. The molecule has 3 rings (SSSR count). The van der Waals surface area contributed by atoms with Crippen LogP contribution in [0, 0.1) is 6.92 Å². The molecule has 0 heterocycles. The Morgan fingerprint density at radius 2 is 1.62 bits per heavy atom. The molecule has 0 radical (unpaired) electrons. The number of benzene rings is 2. The second-order valence-corrected chi connectivity index (χ2v) is 6.78. The van der Waals surface area contributed by atoms with Crippen LogP contribution in [-0.2, 0) is 14.9 Å². The van der Waals surface area contributed by atoms with E-state index in [1.54, 1.807) is 13.8 Å². The molecule has 0 aliphatic heterocycles. The molecule has 24 heavy (non-hydrogen) atoms. The summed E-state index contributed by atoms with van der Waals surface area (Å²) in [6, 6.07) is 17.5. The molecule has 1 aliphatic carbocycles. The maximum Gasteiger partial charge on any atom is 0.325 e. The molecule has 0 spiro atoms. The molecule has 0 saturated carbocycles. The second kappa shape index (κ2) is 5.60. The van der Waals surface area contributed by atoms with E-state index in [2.05, 4.69) is 0 Å². The Morgan fingerprint density at radius 1 is 1.04 bits per heavy atom. The van der Waals surface area contributed by atoms with Crippen molar-refractivity contribution < 1.29 is 14.6 Å². The first-order valence-corrected chi connectivity index (χ1v) is 8.02. The van der Waals surface area contributed by atoms with E-state index in [4.69, 9.17) is 4.74 Å². The summed E-state index contributed by atoms with van der Waals surface area (Å²) < 4.78 is 5.14. The monoisotopic (exact) mass is 322 g/mol. The third-order valence-corrected chi connectivity index (χ3v) is 4.59. The van der Waals surface area contributed by atoms with Crippen molar-refractivity contribution in [2.45, 2.75) is 31.8 Å². The van der Waals surface area contributed by atoms with Gasteiger partial charge in [0.25, 0.3) is 0 Å². The van der Waals surface area contributed by atoms with Gasteiger partial charge in [-0.1, -0.05) is 60.2 Å². The van der Waals surface area contributed by atoms with Gasteiger partial charge in [-0.2, -0.15) is 0 Å². The molecular weight excluding hydrogens is 300 g/mol. The largest absolute Gasteiger partial charge is 0.468 e. The number of esters is 1. The Morgan fingerprint density at radius 3 is 2.12 bits per heavy atom. The summed E-state index contributed by atoms with van der Waals surface area (Å²) in [5.41, 5.74) is 2.32. The molecule has 0 bridgehead atoms. The predicted molar refractivity (Wildman–Crippen MR) is 94.5 cm³/mol. The van der Waals surface area contributed by atoms with Crippen molar-refractivity contribution in [3.05, 3.63) is 76.9 Å². The lowest BCUT2D eigenvalue weighted by molar-refractivity contribution is -0.143. The molecule has 0 aromatic heterocycles. The number of carbonyl (C=O) groups is 1. The van der Waals surface area contributed by atoms with E-state index in [0.717, 1.165) is 22.3 Å². The van der Waals surface area contributed by atoms with E-state index in [1.165, 1.54) is 7.11 Å². The summed E-state index contributed by atoms with van der Waals surface area (Å²) in [6.07, 6.45) is 0. The molecular formula is C21H22O3. The third kappa shape index (κ3) is 2.36. The number of carbonyl (C=O) groups excluding carboxylic acids is 1. The molecule has 1 N–H and O–H groups in total. The SMILES string of the molecule is COC(=O)C1(c2ccccc2)C(c2ccc(C)cc2)=C1C(C)(C)O. The summed E-state index contributed by atoms with van der Waals surface area (Å²) in [7, 11) is 1.39. The van der Waals surface area contributed by atoms with Crippen molar-refractivity contribution in [3.8, 4) is 0 Å². The van der Waals surface area contributed by atoms with Crippen LogP contribution in [0.15, 0.2) is 60.2 Å². The maximum absolute atomic E-state index is 12.8. The lowest BCUT2D eigenvalue weighted by atomic mass is 9.83. The van der Waals surface area contributed by atoms with Crippen LogP contribution < -0.4 is 0 Å². The Balaban J connectivity index is 2.23. The average molecular weight is 322 g/mol. The number of methoxy groups -OCH3 is 1. The van der Waals surface area contributed by atoms with Crippen LogP contribution in [0.5, 0.6) is 0 Å². The van der Waals surface area contributed by atoms with Gasteiger partial charge in [-0.15, -0.1) is 0 Å². The molecule has 0 amide bonds. The highest BCUT2D eigenvalue weighted by atomic mass is 16.5. The van der Waals surface area contributed by atoms with E-state index in [0.29, 0.717) is 5.57 Å². The van der Waals surface area contributed by atoms with E-state index in [1.807, 2.05) is 61.5 Å². The van der Waals surface area contributed by atoms with Crippen molar-refractivity contribution in [3.63, 3.8) is 0 Å². The van der Waals surface area contributed by atoms with Gasteiger partial charge in [-0.3, -0.25) is 4.79 Å². The van der Waals surface area contributed by atoms with Crippen LogP contribution in [0.4, 0.5) is 0 Å². The predicted octanol–water partition coefficient (Wildman–Crippen LogP) is 3.64. The first kappa shape index (κ1) is 16.5. The van der Waals surface area contributed by atoms with Crippen LogP contribution >= 0.6 is 0 Å². The molecule has 1 atom stereocenters. The molecule has 1 unspecified atom stereocenters. The van der Waals surface area contributed by atoms with E-state index in [9.17, 15) is 9.90 Å². The second-order valence-electron chi connectivity index (χ2n) is 6.78. The minimum atomic E-state index is -1.12. The zero-order chi connectivity index (χ0) is 17.5. The molecule has 3 heteroatoms. The van der Waals surface area contributed by atoms with Crippen LogP contribution in [-0.4, -0.2) is 23.8 Å². The van der Waals surface area contributed by atoms with Gasteiger partial charge in [0.2, 0.25) is 0 Å².